The third-order valence-corrected chi connectivity index (χ3v) is 6.40. The largest absolute Gasteiger partial charge is 0.493 e. The Kier molecular flexibility index (Phi) is 7.19. The van der Waals surface area contributed by atoms with Crippen molar-refractivity contribution in [3.8, 4) is 0 Å². The van der Waals surface area contributed by atoms with Crippen molar-refractivity contribution in [2.45, 2.75) is 45.3 Å². The number of hydrogen-bond donors (Lipinski definition) is 1. The molecule has 0 radical (unpaired) electrons. The highest BCUT2D eigenvalue weighted by atomic mass is 35.5. The number of rotatable bonds is 7. The van der Waals surface area contributed by atoms with Gasteiger partial charge in [0.1, 0.15) is 12.4 Å². The molecule has 0 spiro atoms. The number of aliphatic carboxylic acids is 1. The van der Waals surface area contributed by atoms with Crippen LogP contribution in [-0.2, 0) is 20.9 Å². The number of hydrogen-bond acceptors (Lipinski definition) is 4. The summed E-state index contributed by atoms with van der Waals surface area (Å²) in [7, 11) is 0. The molecule has 32 heavy (non-hydrogen) atoms. The van der Waals surface area contributed by atoms with Gasteiger partial charge in [-0.05, 0) is 41.2 Å². The van der Waals surface area contributed by atoms with E-state index in [1.807, 2.05) is 12.1 Å². The van der Waals surface area contributed by atoms with E-state index in [9.17, 15) is 9.90 Å². The number of carbonyl (C=O) groups is 1. The van der Waals surface area contributed by atoms with Crippen molar-refractivity contribution in [2.24, 2.45) is 0 Å². The average Bonchev–Trinajstić information content (AvgIpc) is 2.77. The van der Waals surface area contributed by atoms with Crippen molar-refractivity contribution < 1.29 is 19.4 Å². The molecule has 0 saturated carbocycles. The predicted molar refractivity (Wildman–Crippen MR) is 126 cm³/mol. The van der Waals surface area contributed by atoms with Crippen LogP contribution in [0.25, 0.3) is 0 Å². The van der Waals surface area contributed by atoms with E-state index >= 15 is 0 Å². The van der Waals surface area contributed by atoms with Crippen molar-refractivity contribution in [1.29, 1.82) is 0 Å². The standard InChI is InChI=1S/C26H30ClNO4/c1-17(2)23-8-5-18(11-24(23)27)15-31-22-7-6-20-10-19(16-32-25(20)12-22)13-28-9-3-4-21(14-28)26(29)30/h4-8,10-11,17,22H,3,9,12-16H2,1-2H3,(H,29,30). The van der Waals surface area contributed by atoms with E-state index in [1.165, 1.54) is 5.57 Å². The second-order valence-electron chi connectivity index (χ2n) is 8.93. The van der Waals surface area contributed by atoms with Crippen molar-refractivity contribution in [3.63, 3.8) is 0 Å². The van der Waals surface area contributed by atoms with Gasteiger partial charge in [0.15, 0.2) is 0 Å². The van der Waals surface area contributed by atoms with Gasteiger partial charge in [-0.15, -0.1) is 0 Å². The Morgan fingerprint density at radius 1 is 1.38 bits per heavy atom. The summed E-state index contributed by atoms with van der Waals surface area (Å²) in [5.41, 5.74) is 4.95. The molecule has 170 valence electrons. The van der Waals surface area contributed by atoms with E-state index in [1.54, 1.807) is 0 Å². The molecule has 1 aromatic carbocycles. The number of carboxylic acids is 1. The number of halogens is 1. The van der Waals surface area contributed by atoms with Gasteiger partial charge in [-0.3, -0.25) is 4.90 Å². The van der Waals surface area contributed by atoms with Crippen molar-refractivity contribution in [1.82, 2.24) is 4.90 Å². The average molecular weight is 456 g/mol. The second-order valence-corrected chi connectivity index (χ2v) is 9.33. The minimum absolute atomic E-state index is 0.0300. The van der Waals surface area contributed by atoms with Crippen molar-refractivity contribution in [3.05, 3.63) is 81.1 Å². The number of carboxylic acid groups (broad SMARTS) is 1. The first-order valence-electron chi connectivity index (χ1n) is 11.2. The molecule has 5 nitrogen and oxygen atoms in total. The third-order valence-electron chi connectivity index (χ3n) is 6.07. The zero-order valence-corrected chi connectivity index (χ0v) is 19.4. The Bertz CT molecular complexity index is 1010. The number of nitrogens with zero attached hydrogens (tertiary/aromatic N) is 1. The van der Waals surface area contributed by atoms with Crippen LogP contribution in [0.1, 0.15) is 43.7 Å². The molecule has 1 atom stereocenters. The van der Waals surface area contributed by atoms with Gasteiger partial charge in [0.2, 0.25) is 0 Å². The van der Waals surface area contributed by atoms with Crippen LogP contribution >= 0.6 is 11.6 Å². The van der Waals surface area contributed by atoms with E-state index in [0.717, 1.165) is 47.0 Å². The topological polar surface area (TPSA) is 59.0 Å². The van der Waals surface area contributed by atoms with Gasteiger partial charge in [0.25, 0.3) is 0 Å². The quantitative estimate of drug-likeness (QED) is 0.609. The van der Waals surface area contributed by atoms with Crippen molar-refractivity contribution >= 4 is 17.6 Å². The van der Waals surface area contributed by atoms with Crippen LogP contribution in [0.3, 0.4) is 0 Å². The molecule has 0 fully saturated rings. The summed E-state index contributed by atoms with van der Waals surface area (Å²) in [6.45, 7) is 7.38. The molecule has 6 heteroatoms. The third kappa shape index (κ3) is 5.52. The van der Waals surface area contributed by atoms with Gasteiger partial charge in [0.05, 0.1) is 12.7 Å². The highest BCUT2D eigenvalue weighted by Crippen LogP contribution is 2.30. The monoisotopic (exact) mass is 455 g/mol. The maximum absolute atomic E-state index is 11.2. The molecular weight excluding hydrogens is 426 g/mol. The maximum atomic E-state index is 11.2. The van der Waals surface area contributed by atoms with Crippen LogP contribution in [0.4, 0.5) is 0 Å². The van der Waals surface area contributed by atoms with Gasteiger partial charge >= 0.3 is 5.97 Å². The summed E-state index contributed by atoms with van der Waals surface area (Å²) >= 11 is 6.40. The van der Waals surface area contributed by atoms with Gasteiger partial charge in [-0.25, -0.2) is 4.79 Å². The summed E-state index contributed by atoms with van der Waals surface area (Å²) in [4.78, 5) is 13.4. The Morgan fingerprint density at radius 3 is 2.97 bits per heavy atom. The van der Waals surface area contributed by atoms with Crippen LogP contribution in [0.15, 0.2) is 65.0 Å². The minimum atomic E-state index is -0.826. The van der Waals surface area contributed by atoms with Gasteiger partial charge in [-0.2, -0.15) is 0 Å². The summed E-state index contributed by atoms with van der Waals surface area (Å²) < 4.78 is 12.2. The van der Waals surface area contributed by atoms with Crippen LogP contribution in [0.2, 0.25) is 5.02 Å². The normalized spacial score (nSPS) is 21.2. The maximum Gasteiger partial charge on any atom is 0.332 e. The molecule has 1 unspecified atom stereocenters. The number of allylic oxidation sites excluding steroid dienone is 3. The molecule has 0 bridgehead atoms. The minimum Gasteiger partial charge on any atom is -0.493 e. The molecule has 0 aromatic heterocycles. The fraction of sp³-hybridized carbons (Fsp3) is 0.423. The Morgan fingerprint density at radius 2 is 2.22 bits per heavy atom. The lowest BCUT2D eigenvalue weighted by molar-refractivity contribution is -0.133. The summed E-state index contributed by atoms with van der Waals surface area (Å²) in [5.74, 6) is 0.531. The zero-order chi connectivity index (χ0) is 22.7. The molecule has 1 N–H and O–H groups in total. The SMILES string of the molecule is CC(C)c1ccc(COC2C=CC3=C(C2)OCC(CN2CCC=C(C(=O)O)C2)=C3)cc1Cl. The summed E-state index contributed by atoms with van der Waals surface area (Å²) in [6.07, 6.45) is 9.60. The van der Waals surface area contributed by atoms with Crippen LogP contribution < -0.4 is 0 Å². The molecule has 2 heterocycles. The van der Waals surface area contributed by atoms with E-state index in [2.05, 4.69) is 49.1 Å². The Hall–Kier alpha value is -2.34. The van der Waals surface area contributed by atoms with Crippen LogP contribution in [0, 0.1) is 0 Å². The molecule has 3 aliphatic rings. The molecule has 0 amide bonds. The van der Waals surface area contributed by atoms with Gasteiger partial charge in [-0.1, -0.05) is 55.8 Å². The zero-order valence-electron chi connectivity index (χ0n) is 18.6. The summed E-state index contributed by atoms with van der Waals surface area (Å²) in [6, 6.07) is 6.15. The molecule has 0 saturated heterocycles. The lowest BCUT2D eigenvalue weighted by atomic mass is 9.98. The molecule has 1 aliphatic carbocycles. The lowest BCUT2D eigenvalue weighted by Gasteiger charge is -2.30. The predicted octanol–water partition coefficient (Wildman–Crippen LogP) is 5.24. The first kappa shape index (κ1) is 22.8. The van der Waals surface area contributed by atoms with Gasteiger partial charge in [0, 0.05) is 42.2 Å². The molecule has 2 aliphatic heterocycles. The fourth-order valence-electron chi connectivity index (χ4n) is 4.31. The Labute approximate surface area is 194 Å². The van der Waals surface area contributed by atoms with E-state index in [0.29, 0.717) is 37.7 Å². The lowest BCUT2D eigenvalue weighted by Crippen LogP contribution is -2.35. The van der Waals surface area contributed by atoms with E-state index in [-0.39, 0.29) is 6.10 Å². The molecular formula is C26H30ClNO4. The van der Waals surface area contributed by atoms with E-state index in [4.69, 9.17) is 21.1 Å². The molecule has 1 aromatic rings. The van der Waals surface area contributed by atoms with Crippen LogP contribution in [0.5, 0.6) is 0 Å². The van der Waals surface area contributed by atoms with E-state index < -0.39 is 5.97 Å². The summed E-state index contributed by atoms with van der Waals surface area (Å²) in [5, 5.41) is 10.0. The first-order chi connectivity index (χ1) is 15.4. The van der Waals surface area contributed by atoms with Crippen LogP contribution in [-0.4, -0.2) is 48.3 Å². The highest BCUT2D eigenvalue weighted by molar-refractivity contribution is 6.31. The smallest absolute Gasteiger partial charge is 0.332 e. The van der Waals surface area contributed by atoms with Crippen molar-refractivity contribution in [2.75, 3.05) is 26.2 Å². The highest BCUT2D eigenvalue weighted by Gasteiger charge is 2.24. The first-order valence-corrected chi connectivity index (χ1v) is 11.5. The second kappa shape index (κ2) is 10.1. The molecule has 4 rings (SSSR count). The Balaban J connectivity index is 1.31. The fourth-order valence-corrected chi connectivity index (χ4v) is 4.73. The number of ether oxygens (including phenoxy) is 2. The number of benzene rings is 1. The van der Waals surface area contributed by atoms with Gasteiger partial charge < -0.3 is 14.6 Å².